The Hall–Kier alpha value is -1.35. The van der Waals surface area contributed by atoms with E-state index in [1.807, 2.05) is 13.8 Å². The monoisotopic (exact) mass is 300 g/mol. The maximum atomic E-state index is 12.2. The lowest BCUT2D eigenvalue weighted by molar-refractivity contribution is -0.126. The molecule has 2 N–H and O–H groups in total. The standard InChI is InChI=1S/C19H28N2O/c1-13(2)20-19(22)16-8-5-9-17(12-16)21-18-10-14-6-3-4-7-15(14)11-18/h3-4,6-7,13,16-18,21H,5,8-12H2,1-2H3,(H,20,22). The Morgan fingerprint density at radius 3 is 2.41 bits per heavy atom. The lowest BCUT2D eigenvalue weighted by Gasteiger charge is -2.31. The SMILES string of the molecule is CC(C)NC(=O)C1CCCC(NC2Cc3ccccc3C2)C1. The smallest absolute Gasteiger partial charge is 0.223 e. The van der Waals surface area contributed by atoms with E-state index in [9.17, 15) is 4.79 Å². The van der Waals surface area contributed by atoms with Crippen LogP contribution in [0.2, 0.25) is 0 Å². The van der Waals surface area contributed by atoms with Gasteiger partial charge in [0.25, 0.3) is 0 Å². The van der Waals surface area contributed by atoms with Crippen molar-refractivity contribution in [2.75, 3.05) is 0 Å². The predicted molar refractivity (Wildman–Crippen MR) is 89.8 cm³/mol. The molecule has 0 saturated heterocycles. The van der Waals surface area contributed by atoms with Crippen molar-refractivity contribution in [3.8, 4) is 0 Å². The number of hydrogen-bond acceptors (Lipinski definition) is 2. The van der Waals surface area contributed by atoms with Crippen molar-refractivity contribution in [1.29, 1.82) is 0 Å². The van der Waals surface area contributed by atoms with E-state index in [1.54, 1.807) is 0 Å². The summed E-state index contributed by atoms with van der Waals surface area (Å²) in [4.78, 5) is 12.2. The van der Waals surface area contributed by atoms with E-state index in [-0.39, 0.29) is 17.9 Å². The van der Waals surface area contributed by atoms with Crippen LogP contribution in [-0.2, 0) is 17.6 Å². The Balaban J connectivity index is 1.52. The lowest BCUT2D eigenvalue weighted by Crippen LogP contribution is -2.45. The van der Waals surface area contributed by atoms with Gasteiger partial charge >= 0.3 is 0 Å². The maximum absolute atomic E-state index is 12.2. The van der Waals surface area contributed by atoms with Gasteiger partial charge in [0, 0.05) is 24.0 Å². The summed E-state index contributed by atoms with van der Waals surface area (Å²) in [6.45, 7) is 4.07. The number of fused-ring (bicyclic) bond motifs is 1. The van der Waals surface area contributed by atoms with Gasteiger partial charge < -0.3 is 10.6 Å². The molecule has 2 atom stereocenters. The van der Waals surface area contributed by atoms with Crippen molar-refractivity contribution in [2.45, 2.75) is 70.5 Å². The highest BCUT2D eigenvalue weighted by Crippen LogP contribution is 2.27. The number of rotatable bonds is 4. The molecule has 2 aliphatic carbocycles. The zero-order chi connectivity index (χ0) is 15.5. The van der Waals surface area contributed by atoms with Gasteiger partial charge in [0.05, 0.1) is 0 Å². The Morgan fingerprint density at radius 1 is 1.09 bits per heavy atom. The number of carbonyl (C=O) groups excluding carboxylic acids is 1. The number of nitrogens with one attached hydrogen (secondary N) is 2. The van der Waals surface area contributed by atoms with Crippen LogP contribution in [-0.4, -0.2) is 24.0 Å². The predicted octanol–water partition coefficient (Wildman–Crippen LogP) is 2.83. The third-order valence-corrected chi connectivity index (χ3v) is 5.00. The van der Waals surface area contributed by atoms with E-state index in [2.05, 4.69) is 34.9 Å². The molecule has 1 saturated carbocycles. The second-order valence-corrected chi connectivity index (χ2v) is 7.26. The van der Waals surface area contributed by atoms with E-state index in [0.29, 0.717) is 12.1 Å². The normalized spacial score (nSPS) is 25.2. The molecule has 2 aliphatic rings. The van der Waals surface area contributed by atoms with Crippen LogP contribution in [0, 0.1) is 5.92 Å². The summed E-state index contributed by atoms with van der Waals surface area (Å²) in [5.74, 6) is 0.439. The van der Waals surface area contributed by atoms with Crippen molar-refractivity contribution in [2.24, 2.45) is 5.92 Å². The highest BCUT2D eigenvalue weighted by atomic mass is 16.1. The maximum Gasteiger partial charge on any atom is 0.223 e. The van der Waals surface area contributed by atoms with Crippen LogP contribution < -0.4 is 10.6 Å². The van der Waals surface area contributed by atoms with E-state index in [1.165, 1.54) is 17.5 Å². The lowest BCUT2D eigenvalue weighted by atomic mass is 9.84. The van der Waals surface area contributed by atoms with Crippen LogP contribution in [0.3, 0.4) is 0 Å². The molecule has 120 valence electrons. The molecule has 3 rings (SSSR count). The van der Waals surface area contributed by atoms with Crippen LogP contribution in [0.25, 0.3) is 0 Å². The summed E-state index contributed by atoms with van der Waals surface area (Å²) in [6.07, 6.45) is 6.67. The van der Waals surface area contributed by atoms with Gasteiger partial charge in [-0.1, -0.05) is 30.7 Å². The van der Waals surface area contributed by atoms with Gasteiger partial charge in [0.15, 0.2) is 0 Å². The Labute approximate surface area is 133 Å². The summed E-state index contributed by atoms with van der Waals surface area (Å²) in [5.41, 5.74) is 2.98. The molecule has 0 radical (unpaired) electrons. The van der Waals surface area contributed by atoms with Crippen LogP contribution >= 0.6 is 0 Å². The molecule has 1 aromatic carbocycles. The molecule has 22 heavy (non-hydrogen) atoms. The van der Waals surface area contributed by atoms with Crippen LogP contribution in [0.1, 0.15) is 50.7 Å². The first-order valence-corrected chi connectivity index (χ1v) is 8.75. The van der Waals surface area contributed by atoms with Gasteiger partial charge in [-0.15, -0.1) is 0 Å². The van der Waals surface area contributed by atoms with E-state index in [4.69, 9.17) is 0 Å². The molecule has 0 bridgehead atoms. The zero-order valence-electron chi connectivity index (χ0n) is 13.8. The van der Waals surface area contributed by atoms with Gasteiger partial charge in [-0.2, -0.15) is 0 Å². The van der Waals surface area contributed by atoms with Crippen LogP contribution in [0.15, 0.2) is 24.3 Å². The summed E-state index contributed by atoms with van der Waals surface area (Å²) in [7, 11) is 0. The van der Waals surface area contributed by atoms with Crippen molar-refractivity contribution < 1.29 is 4.79 Å². The first-order chi connectivity index (χ1) is 10.6. The minimum atomic E-state index is 0.192. The Kier molecular flexibility index (Phi) is 4.82. The molecule has 1 amide bonds. The molecule has 0 heterocycles. The molecule has 0 spiro atoms. The molecule has 1 aromatic rings. The summed E-state index contributed by atoms with van der Waals surface area (Å²) >= 11 is 0. The molecule has 0 aliphatic heterocycles. The third kappa shape index (κ3) is 3.70. The highest BCUT2D eigenvalue weighted by molar-refractivity contribution is 5.79. The van der Waals surface area contributed by atoms with Gasteiger partial charge in [0.2, 0.25) is 5.91 Å². The Bertz CT molecular complexity index is 501. The quantitative estimate of drug-likeness (QED) is 0.898. The van der Waals surface area contributed by atoms with Gasteiger partial charge in [0.1, 0.15) is 0 Å². The molecule has 2 unspecified atom stereocenters. The fraction of sp³-hybridized carbons (Fsp3) is 0.632. The fourth-order valence-electron chi connectivity index (χ4n) is 3.99. The number of carbonyl (C=O) groups is 1. The van der Waals surface area contributed by atoms with E-state index >= 15 is 0 Å². The van der Waals surface area contributed by atoms with Crippen molar-refractivity contribution in [3.05, 3.63) is 35.4 Å². The van der Waals surface area contributed by atoms with E-state index in [0.717, 1.165) is 32.1 Å². The number of hydrogen-bond donors (Lipinski definition) is 2. The highest BCUT2D eigenvalue weighted by Gasteiger charge is 2.30. The van der Waals surface area contributed by atoms with Crippen molar-refractivity contribution >= 4 is 5.91 Å². The molecule has 3 nitrogen and oxygen atoms in total. The van der Waals surface area contributed by atoms with Crippen molar-refractivity contribution in [3.63, 3.8) is 0 Å². The summed E-state index contributed by atoms with van der Waals surface area (Å²) in [5, 5.41) is 6.90. The molecule has 0 aromatic heterocycles. The molecular formula is C19H28N2O. The van der Waals surface area contributed by atoms with Crippen LogP contribution in [0.5, 0.6) is 0 Å². The zero-order valence-corrected chi connectivity index (χ0v) is 13.8. The fourth-order valence-corrected chi connectivity index (χ4v) is 3.99. The van der Waals surface area contributed by atoms with E-state index < -0.39 is 0 Å². The molecule has 1 fully saturated rings. The Morgan fingerprint density at radius 2 is 1.77 bits per heavy atom. The largest absolute Gasteiger partial charge is 0.354 e. The summed E-state index contributed by atoms with van der Waals surface area (Å²) < 4.78 is 0. The van der Waals surface area contributed by atoms with Crippen molar-refractivity contribution in [1.82, 2.24) is 10.6 Å². The minimum Gasteiger partial charge on any atom is -0.354 e. The van der Waals surface area contributed by atoms with Gasteiger partial charge in [-0.3, -0.25) is 4.79 Å². The van der Waals surface area contributed by atoms with Gasteiger partial charge in [-0.05, 0) is 57.1 Å². The minimum absolute atomic E-state index is 0.192. The second kappa shape index (κ2) is 6.82. The number of amides is 1. The average Bonchev–Trinajstić information content (AvgIpc) is 2.89. The average molecular weight is 300 g/mol. The third-order valence-electron chi connectivity index (χ3n) is 5.00. The number of benzene rings is 1. The first-order valence-electron chi connectivity index (χ1n) is 8.75. The van der Waals surface area contributed by atoms with Gasteiger partial charge in [-0.25, -0.2) is 0 Å². The first kappa shape index (κ1) is 15.5. The molecule has 3 heteroatoms. The molecular weight excluding hydrogens is 272 g/mol. The topological polar surface area (TPSA) is 41.1 Å². The van der Waals surface area contributed by atoms with Crippen LogP contribution in [0.4, 0.5) is 0 Å². The second-order valence-electron chi connectivity index (χ2n) is 7.26. The summed E-state index contributed by atoms with van der Waals surface area (Å²) in [6, 6.07) is 10.0.